The van der Waals surface area contributed by atoms with E-state index in [-0.39, 0.29) is 24.8 Å². The summed E-state index contributed by atoms with van der Waals surface area (Å²) in [7, 11) is 0. The van der Waals surface area contributed by atoms with Crippen LogP contribution >= 0.6 is 15.9 Å². The second-order valence-corrected chi connectivity index (χ2v) is 6.24. The third kappa shape index (κ3) is 5.46. The quantitative estimate of drug-likeness (QED) is 0.767. The van der Waals surface area contributed by atoms with Gasteiger partial charge < -0.3 is 15.7 Å². The van der Waals surface area contributed by atoms with Gasteiger partial charge in [0.25, 0.3) is 0 Å². The lowest BCUT2D eigenvalue weighted by Crippen LogP contribution is -2.47. The van der Waals surface area contributed by atoms with Gasteiger partial charge in [-0.1, -0.05) is 29.8 Å². The summed E-state index contributed by atoms with van der Waals surface area (Å²) in [5, 5.41) is 15.2. The van der Waals surface area contributed by atoms with Gasteiger partial charge in [0.2, 0.25) is 0 Å². The molecule has 1 aromatic rings. The summed E-state index contributed by atoms with van der Waals surface area (Å²) in [5.41, 5.74) is -0.304. The van der Waals surface area contributed by atoms with Crippen LogP contribution in [-0.4, -0.2) is 23.3 Å². The third-order valence-electron chi connectivity index (χ3n) is 3.23. The van der Waals surface area contributed by atoms with Crippen LogP contribution in [0.3, 0.4) is 0 Å². The molecule has 1 atom stereocenters. The van der Waals surface area contributed by atoms with E-state index >= 15 is 0 Å². The highest BCUT2D eigenvalue weighted by Crippen LogP contribution is 2.15. The van der Waals surface area contributed by atoms with Crippen molar-refractivity contribution in [3.8, 4) is 0 Å². The van der Waals surface area contributed by atoms with Crippen LogP contribution in [0, 0.1) is 11.7 Å². The van der Waals surface area contributed by atoms with E-state index in [0.717, 1.165) is 0 Å². The fraction of sp³-hybridized carbons (Fsp3) is 0.500. The number of halogens is 2. The summed E-state index contributed by atoms with van der Waals surface area (Å²) in [5.74, 6) is -0.332. The van der Waals surface area contributed by atoms with Gasteiger partial charge in [0, 0.05) is 17.6 Å². The Labute approximate surface area is 126 Å². The minimum atomic E-state index is -0.959. The van der Waals surface area contributed by atoms with E-state index in [4.69, 9.17) is 0 Å². The molecule has 20 heavy (non-hydrogen) atoms. The molecule has 1 aromatic carbocycles. The molecule has 0 radical (unpaired) electrons. The molecular formula is C14H20BrFN2O2. The topological polar surface area (TPSA) is 61.4 Å². The molecule has 2 amide bonds. The standard InChI is InChI=1S/C14H20BrFN2O2/c1-9(2)14(3,20)8-18-13(19)17-7-10-4-11(15)6-12(16)5-10/h4-6,9,20H,7-8H2,1-3H3,(H2,17,18,19). The first-order chi connectivity index (χ1) is 9.20. The lowest BCUT2D eigenvalue weighted by Gasteiger charge is -2.27. The lowest BCUT2D eigenvalue weighted by molar-refractivity contribution is 0.0166. The maximum absolute atomic E-state index is 13.2. The van der Waals surface area contributed by atoms with Crippen molar-refractivity contribution in [3.63, 3.8) is 0 Å². The van der Waals surface area contributed by atoms with Crippen molar-refractivity contribution in [1.82, 2.24) is 10.6 Å². The molecule has 0 aliphatic rings. The second-order valence-electron chi connectivity index (χ2n) is 5.33. The first-order valence-electron chi connectivity index (χ1n) is 6.40. The zero-order valence-electron chi connectivity index (χ0n) is 11.8. The fourth-order valence-corrected chi connectivity index (χ4v) is 1.93. The van der Waals surface area contributed by atoms with E-state index in [2.05, 4.69) is 26.6 Å². The number of aliphatic hydroxyl groups is 1. The Kier molecular flexibility index (Phi) is 5.95. The lowest BCUT2D eigenvalue weighted by atomic mass is 9.93. The van der Waals surface area contributed by atoms with Crippen LogP contribution in [0.25, 0.3) is 0 Å². The summed E-state index contributed by atoms with van der Waals surface area (Å²) in [6.07, 6.45) is 0. The van der Waals surface area contributed by atoms with Crippen LogP contribution in [0.5, 0.6) is 0 Å². The molecule has 4 nitrogen and oxygen atoms in total. The van der Waals surface area contributed by atoms with Crippen molar-refractivity contribution in [2.24, 2.45) is 5.92 Å². The van der Waals surface area contributed by atoms with E-state index < -0.39 is 11.6 Å². The molecule has 0 aliphatic heterocycles. The molecule has 1 rings (SSSR count). The summed E-state index contributed by atoms with van der Waals surface area (Å²) >= 11 is 3.19. The van der Waals surface area contributed by atoms with Crippen LogP contribution in [0.2, 0.25) is 0 Å². The van der Waals surface area contributed by atoms with Gasteiger partial charge in [-0.25, -0.2) is 9.18 Å². The number of benzene rings is 1. The molecule has 1 unspecified atom stereocenters. The summed E-state index contributed by atoms with van der Waals surface area (Å²) in [4.78, 5) is 11.6. The molecular weight excluding hydrogens is 327 g/mol. The van der Waals surface area contributed by atoms with Crippen LogP contribution in [0.4, 0.5) is 9.18 Å². The van der Waals surface area contributed by atoms with Crippen LogP contribution in [-0.2, 0) is 6.54 Å². The molecule has 0 fully saturated rings. The van der Waals surface area contributed by atoms with Crippen LogP contribution in [0.15, 0.2) is 22.7 Å². The molecule has 0 saturated heterocycles. The van der Waals surface area contributed by atoms with Gasteiger partial charge >= 0.3 is 6.03 Å². The Morgan fingerprint density at radius 2 is 2.05 bits per heavy atom. The van der Waals surface area contributed by atoms with Gasteiger partial charge in [-0.05, 0) is 36.6 Å². The second kappa shape index (κ2) is 7.04. The average Bonchev–Trinajstić information content (AvgIpc) is 2.32. The Morgan fingerprint density at radius 1 is 1.40 bits per heavy atom. The number of carbonyl (C=O) groups is 1. The van der Waals surface area contributed by atoms with Gasteiger partial charge in [-0.15, -0.1) is 0 Å². The normalized spacial score (nSPS) is 13.9. The largest absolute Gasteiger partial charge is 0.388 e. The highest BCUT2D eigenvalue weighted by molar-refractivity contribution is 9.10. The Morgan fingerprint density at radius 3 is 2.60 bits per heavy atom. The number of nitrogens with one attached hydrogen (secondary N) is 2. The summed E-state index contributed by atoms with van der Waals surface area (Å²) < 4.78 is 13.8. The van der Waals surface area contributed by atoms with Gasteiger partial charge in [-0.2, -0.15) is 0 Å². The Bertz CT molecular complexity index is 458. The molecule has 112 valence electrons. The first-order valence-corrected chi connectivity index (χ1v) is 7.19. The predicted octanol–water partition coefficient (Wildman–Crippen LogP) is 2.79. The van der Waals surface area contributed by atoms with Crippen molar-refractivity contribution in [3.05, 3.63) is 34.1 Å². The minimum Gasteiger partial charge on any atom is -0.388 e. The van der Waals surface area contributed by atoms with E-state index in [1.165, 1.54) is 12.1 Å². The number of carbonyl (C=O) groups excluding carboxylic acids is 1. The van der Waals surface area contributed by atoms with Gasteiger partial charge in [0.05, 0.1) is 5.60 Å². The number of amides is 2. The first kappa shape index (κ1) is 16.9. The average molecular weight is 347 g/mol. The highest BCUT2D eigenvalue weighted by atomic mass is 79.9. The molecule has 0 aromatic heterocycles. The van der Waals surface area contributed by atoms with E-state index in [1.807, 2.05) is 13.8 Å². The molecule has 0 aliphatic carbocycles. The van der Waals surface area contributed by atoms with Gasteiger partial charge in [-0.3, -0.25) is 0 Å². The zero-order valence-corrected chi connectivity index (χ0v) is 13.4. The summed E-state index contributed by atoms with van der Waals surface area (Å²) in [6.45, 7) is 5.80. The van der Waals surface area contributed by atoms with E-state index in [1.54, 1.807) is 13.0 Å². The Hall–Kier alpha value is -1.14. The van der Waals surface area contributed by atoms with Crippen LogP contribution < -0.4 is 10.6 Å². The molecule has 0 bridgehead atoms. The van der Waals surface area contributed by atoms with Crippen molar-refractivity contribution < 1.29 is 14.3 Å². The molecule has 3 N–H and O–H groups in total. The minimum absolute atomic E-state index is 0.0296. The number of urea groups is 1. The van der Waals surface area contributed by atoms with Crippen molar-refractivity contribution in [1.29, 1.82) is 0 Å². The van der Waals surface area contributed by atoms with E-state index in [0.29, 0.717) is 10.0 Å². The molecule has 0 heterocycles. The highest BCUT2D eigenvalue weighted by Gasteiger charge is 2.25. The fourth-order valence-electron chi connectivity index (χ4n) is 1.42. The summed E-state index contributed by atoms with van der Waals surface area (Å²) in [6, 6.07) is 4.04. The number of hydrogen-bond acceptors (Lipinski definition) is 2. The predicted molar refractivity (Wildman–Crippen MR) is 79.8 cm³/mol. The van der Waals surface area contributed by atoms with E-state index in [9.17, 15) is 14.3 Å². The number of rotatable bonds is 5. The molecule has 6 heteroatoms. The SMILES string of the molecule is CC(C)C(C)(O)CNC(=O)NCc1cc(F)cc(Br)c1. The third-order valence-corrected chi connectivity index (χ3v) is 3.68. The maximum atomic E-state index is 13.2. The monoisotopic (exact) mass is 346 g/mol. The number of hydrogen-bond donors (Lipinski definition) is 3. The van der Waals surface area contributed by atoms with Crippen molar-refractivity contribution >= 4 is 22.0 Å². The van der Waals surface area contributed by atoms with Crippen molar-refractivity contribution in [2.45, 2.75) is 32.9 Å². The van der Waals surface area contributed by atoms with Crippen molar-refractivity contribution in [2.75, 3.05) is 6.54 Å². The van der Waals surface area contributed by atoms with Gasteiger partial charge in [0.15, 0.2) is 0 Å². The molecule has 0 spiro atoms. The molecule has 0 saturated carbocycles. The smallest absolute Gasteiger partial charge is 0.315 e. The Balaban J connectivity index is 2.44. The zero-order chi connectivity index (χ0) is 15.3. The maximum Gasteiger partial charge on any atom is 0.315 e. The van der Waals surface area contributed by atoms with Crippen LogP contribution in [0.1, 0.15) is 26.3 Å². The van der Waals surface area contributed by atoms with Gasteiger partial charge in [0.1, 0.15) is 5.82 Å².